The van der Waals surface area contributed by atoms with Crippen LogP contribution in [-0.2, 0) is 12.8 Å². The van der Waals surface area contributed by atoms with Crippen molar-refractivity contribution in [2.75, 3.05) is 0 Å². The minimum atomic E-state index is 0.609. The summed E-state index contributed by atoms with van der Waals surface area (Å²) in [4.78, 5) is 8.65. The van der Waals surface area contributed by atoms with Gasteiger partial charge in [-0.05, 0) is 29.0 Å². The monoisotopic (exact) mass is 303 g/mol. The van der Waals surface area contributed by atoms with E-state index in [4.69, 9.17) is 4.52 Å². The van der Waals surface area contributed by atoms with Gasteiger partial charge in [0.15, 0.2) is 0 Å². The first-order valence-corrected chi connectivity index (χ1v) is 5.64. The van der Waals surface area contributed by atoms with E-state index >= 15 is 0 Å². The lowest BCUT2D eigenvalue weighted by Crippen LogP contribution is -1.96. The zero-order valence-corrected chi connectivity index (χ0v) is 10.2. The smallest absolute Gasteiger partial charge is 0.262 e. The van der Waals surface area contributed by atoms with E-state index in [-0.39, 0.29) is 0 Å². The van der Waals surface area contributed by atoms with Crippen LogP contribution in [0.2, 0.25) is 0 Å². The quantitative estimate of drug-likeness (QED) is 0.631. The van der Waals surface area contributed by atoms with Crippen LogP contribution in [0.3, 0.4) is 0 Å². The van der Waals surface area contributed by atoms with Gasteiger partial charge in [-0.3, -0.25) is 0 Å². The molecule has 74 valence electrons. The third-order valence-corrected chi connectivity index (χ3v) is 2.84. The fourth-order valence-electron chi connectivity index (χ4n) is 1.31. The van der Waals surface area contributed by atoms with Crippen molar-refractivity contribution >= 4 is 33.7 Å². The van der Waals surface area contributed by atoms with E-state index in [0.29, 0.717) is 5.71 Å². The Morgan fingerprint density at radius 1 is 1.21 bits per heavy atom. The number of fused-ring (bicyclic) bond motifs is 1. The number of rotatable bonds is 2. The Hall–Kier alpha value is -0.720. The van der Waals surface area contributed by atoms with Crippen LogP contribution in [0.5, 0.6) is 0 Å². The van der Waals surface area contributed by atoms with Crippen LogP contribution in [0, 0.1) is 3.70 Å². The highest BCUT2D eigenvalue weighted by Crippen LogP contribution is 2.21. The molecule has 0 fully saturated rings. The SMILES string of the molecule is CCc1nc(I)c2c(CC)noc2n1. The molecule has 0 atom stereocenters. The second kappa shape index (κ2) is 3.80. The molecule has 0 aliphatic rings. The van der Waals surface area contributed by atoms with Gasteiger partial charge in [0.2, 0.25) is 0 Å². The number of aryl methyl sites for hydroxylation is 2. The summed E-state index contributed by atoms with van der Waals surface area (Å²) in [6.07, 6.45) is 1.66. The molecule has 0 aliphatic heterocycles. The van der Waals surface area contributed by atoms with E-state index in [1.807, 2.05) is 13.8 Å². The standard InChI is InChI=1S/C9H10IN3O/c1-3-5-7-8(10)11-6(4-2)12-9(7)14-13-5/h3-4H2,1-2H3. The summed E-state index contributed by atoms with van der Waals surface area (Å²) in [5.74, 6) is 0.806. The fourth-order valence-corrected chi connectivity index (χ4v) is 2.13. The molecule has 0 radical (unpaired) electrons. The fraction of sp³-hybridized carbons (Fsp3) is 0.444. The lowest BCUT2D eigenvalue weighted by molar-refractivity contribution is 0.438. The van der Waals surface area contributed by atoms with E-state index < -0.39 is 0 Å². The summed E-state index contributed by atoms with van der Waals surface area (Å²) in [5.41, 5.74) is 1.55. The number of nitrogens with zero attached hydrogens (tertiary/aromatic N) is 3. The number of aromatic nitrogens is 3. The highest BCUT2D eigenvalue weighted by Gasteiger charge is 2.13. The van der Waals surface area contributed by atoms with Gasteiger partial charge in [-0.1, -0.05) is 19.0 Å². The third-order valence-electron chi connectivity index (χ3n) is 2.06. The van der Waals surface area contributed by atoms with E-state index in [0.717, 1.165) is 33.4 Å². The van der Waals surface area contributed by atoms with Crippen LogP contribution in [0.25, 0.3) is 11.1 Å². The first-order chi connectivity index (χ1) is 6.76. The summed E-state index contributed by atoms with van der Waals surface area (Å²) in [5, 5.41) is 4.93. The average Bonchev–Trinajstić information content (AvgIpc) is 2.61. The van der Waals surface area contributed by atoms with Crippen molar-refractivity contribution in [3.63, 3.8) is 0 Å². The summed E-state index contributed by atoms with van der Waals surface area (Å²) < 4.78 is 6.09. The van der Waals surface area contributed by atoms with Gasteiger partial charge in [-0.15, -0.1) is 0 Å². The molecule has 0 aliphatic carbocycles. The van der Waals surface area contributed by atoms with Gasteiger partial charge in [-0.25, -0.2) is 4.98 Å². The summed E-state index contributed by atoms with van der Waals surface area (Å²) >= 11 is 2.20. The maximum atomic E-state index is 5.16. The molecule has 5 heteroatoms. The molecule has 14 heavy (non-hydrogen) atoms. The topological polar surface area (TPSA) is 51.8 Å². The average molecular weight is 303 g/mol. The first-order valence-electron chi connectivity index (χ1n) is 4.57. The minimum absolute atomic E-state index is 0.609. The second-order valence-corrected chi connectivity index (χ2v) is 3.97. The second-order valence-electron chi connectivity index (χ2n) is 2.95. The predicted molar refractivity (Wildman–Crippen MR) is 61.1 cm³/mol. The Morgan fingerprint density at radius 3 is 2.64 bits per heavy atom. The van der Waals surface area contributed by atoms with E-state index in [1.54, 1.807) is 0 Å². The van der Waals surface area contributed by atoms with Crippen LogP contribution >= 0.6 is 22.6 Å². The number of hydrogen-bond acceptors (Lipinski definition) is 4. The van der Waals surface area contributed by atoms with Crippen LogP contribution in [0.15, 0.2) is 4.52 Å². The molecule has 0 aromatic carbocycles. The zero-order valence-electron chi connectivity index (χ0n) is 8.04. The molecular weight excluding hydrogens is 293 g/mol. The van der Waals surface area contributed by atoms with Gasteiger partial charge in [0.25, 0.3) is 5.71 Å². The molecular formula is C9H10IN3O. The lowest BCUT2D eigenvalue weighted by atomic mass is 10.2. The Balaban J connectivity index is 2.72. The normalized spacial score (nSPS) is 11.1. The Morgan fingerprint density at radius 2 is 2.00 bits per heavy atom. The van der Waals surface area contributed by atoms with Crippen molar-refractivity contribution in [2.24, 2.45) is 0 Å². The van der Waals surface area contributed by atoms with Gasteiger partial charge in [0, 0.05) is 6.42 Å². The van der Waals surface area contributed by atoms with Crippen molar-refractivity contribution in [3.8, 4) is 0 Å². The predicted octanol–water partition coefficient (Wildman–Crippen LogP) is 2.35. The van der Waals surface area contributed by atoms with Crippen LogP contribution < -0.4 is 0 Å². The van der Waals surface area contributed by atoms with Gasteiger partial charge in [0.1, 0.15) is 9.53 Å². The van der Waals surface area contributed by atoms with Gasteiger partial charge in [0.05, 0.1) is 11.1 Å². The molecule has 2 aromatic heterocycles. The minimum Gasteiger partial charge on any atom is -0.335 e. The maximum Gasteiger partial charge on any atom is 0.262 e. The Kier molecular flexibility index (Phi) is 2.66. The van der Waals surface area contributed by atoms with Crippen molar-refractivity contribution < 1.29 is 4.52 Å². The van der Waals surface area contributed by atoms with E-state index in [2.05, 4.69) is 37.7 Å². The molecule has 4 nitrogen and oxygen atoms in total. The van der Waals surface area contributed by atoms with Crippen molar-refractivity contribution in [2.45, 2.75) is 26.7 Å². The Bertz CT molecular complexity index is 466. The first kappa shape index (κ1) is 9.82. The molecule has 0 saturated heterocycles. The van der Waals surface area contributed by atoms with Crippen molar-refractivity contribution in [1.29, 1.82) is 0 Å². The highest BCUT2D eigenvalue weighted by atomic mass is 127. The summed E-state index contributed by atoms with van der Waals surface area (Å²) in [6, 6.07) is 0. The third kappa shape index (κ3) is 1.49. The molecule has 0 saturated carbocycles. The van der Waals surface area contributed by atoms with Crippen molar-refractivity contribution in [3.05, 3.63) is 15.2 Å². The largest absolute Gasteiger partial charge is 0.335 e. The molecule has 0 bridgehead atoms. The molecule has 0 amide bonds. The molecule has 0 unspecified atom stereocenters. The lowest BCUT2D eigenvalue weighted by Gasteiger charge is -1.97. The molecule has 2 rings (SSSR count). The van der Waals surface area contributed by atoms with Gasteiger partial charge in [-0.2, -0.15) is 4.98 Å². The van der Waals surface area contributed by atoms with Gasteiger partial charge >= 0.3 is 0 Å². The number of hydrogen-bond donors (Lipinski definition) is 0. The van der Waals surface area contributed by atoms with E-state index in [9.17, 15) is 0 Å². The maximum absolute atomic E-state index is 5.16. The molecule has 0 spiro atoms. The van der Waals surface area contributed by atoms with Crippen LogP contribution in [0.1, 0.15) is 25.4 Å². The van der Waals surface area contributed by atoms with Crippen LogP contribution in [0.4, 0.5) is 0 Å². The molecule has 2 aromatic rings. The zero-order chi connectivity index (χ0) is 10.1. The van der Waals surface area contributed by atoms with E-state index in [1.165, 1.54) is 0 Å². The van der Waals surface area contributed by atoms with Crippen molar-refractivity contribution in [1.82, 2.24) is 15.1 Å². The van der Waals surface area contributed by atoms with Gasteiger partial charge < -0.3 is 4.52 Å². The number of halogens is 1. The highest BCUT2D eigenvalue weighted by molar-refractivity contribution is 14.1. The molecule has 2 heterocycles. The summed E-state index contributed by atoms with van der Waals surface area (Å²) in [7, 11) is 0. The molecule has 0 N–H and O–H groups in total. The van der Waals surface area contributed by atoms with Crippen LogP contribution in [-0.4, -0.2) is 15.1 Å². The summed E-state index contributed by atoms with van der Waals surface area (Å²) in [6.45, 7) is 4.06. The Labute approximate surface area is 95.2 Å².